The summed E-state index contributed by atoms with van der Waals surface area (Å²) in [6, 6.07) is 6.37. The van der Waals surface area contributed by atoms with Gasteiger partial charge in [-0.15, -0.1) is 0 Å². The van der Waals surface area contributed by atoms with E-state index < -0.39 is 0 Å². The Balaban J connectivity index is 0.00000192. The molecule has 0 aliphatic carbocycles. The maximum atomic E-state index is 5.73. The van der Waals surface area contributed by atoms with Crippen molar-refractivity contribution < 1.29 is 10.9 Å². The molecule has 6 heteroatoms. The van der Waals surface area contributed by atoms with E-state index in [4.69, 9.17) is 21.3 Å². The lowest BCUT2D eigenvalue weighted by atomic mass is 10.0. The number of halogens is 1. The molecular formula is C16H21ClN3O2+. The maximum Gasteiger partial charge on any atom is 1.00 e. The van der Waals surface area contributed by atoms with Gasteiger partial charge in [0.2, 0.25) is 0 Å². The van der Waals surface area contributed by atoms with E-state index in [1.165, 1.54) is 5.69 Å². The molecule has 2 heterocycles. The molecule has 0 atom stereocenters. The number of aromatic nitrogens is 1. The van der Waals surface area contributed by atoms with Crippen molar-refractivity contribution in [2.45, 2.75) is 18.9 Å². The predicted octanol–water partition coefficient (Wildman–Crippen LogP) is 3.08. The highest BCUT2D eigenvalue weighted by molar-refractivity contribution is 6.13. The van der Waals surface area contributed by atoms with Crippen LogP contribution in [0.15, 0.2) is 24.4 Å². The summed E-state index contributed by atoms with van der Waals surface area (Å²) in [4.78, 5) is 9.67. The van der Waals surface area contributed by atoms with Crippen molar-refractivity contribution in [2.75, 3.05) is 32.2 Å². The van der Waals surface area contributed by atoms with Crippen LogP contribution in [0.2, 0.25) is 0 Å². The second-order valence-corrected chi connectivity index (χ2v) is 5.64. The average molecular weight is 323 g/mol. The fraction of sp³-hybridized carbons (Fsp3) is 0.438. The molecule has 1 aliphatic heterocycles. The molecule has 3 rings (SSSR count). The van der Waals surface area contributed by atoms with E-state index in [1.54, 1.807) is 14.2 Å². The number of ether oxygens (including phenoxy) is 2. The summed E-state index contributed by atoms with van der Waals surface area (Å²) in [6.07, 6.45) is 3.90. The van der Waals surface area contributed by atoms with Crippen molar-refractivity contribution >= 4 is 28.4 Å². The van der Waals surface area contributed by atoms with Crippen LogP contribution in [0.25, 0.3) is 10.9 Å². The normalized spacial score (nSPS) is 16.0. The summed E-state index contributed by atoms with van der Waals surface area (Å²) < 4.78 is 10.8. The third-order valence-corrected chi connectivity index (χ3v) is 4.52. The van der Waals surface area contributed by atoms with Crippen molar-refractivity contribution in [2.24, 2.45) is 0 Å². The molecule has 0 saturated carbocycles. The van der Waals surface area contributed by atoms with Crippen LogP contribution in [-0.2, 0) is 0 Å². The quantitative estimate of drug-likeness (QED) is 0.877. The predicted molar refractivity (Wildman–Crippen MR) is 90.2 cm³/mol. The van der Waals surface area contributed by atoms with Crippen LogP contribution in [0.4, 0.5) is 5.69 Å². The Morgan fingerprint density at radius 3 is 2.55 bits per heavy atom. The first kappa shape index (κ1) is 15.2. The van der Waals surface area contributed by atoms with Crippen LogP contribution in [0, 0.1) is 0 Å². The second kappa shape index (κ2) is 6.58. The summed E-state index contributed by atoms with van der Waals surface area (Å²) in [5.74, 6) is 1.42. The molecule has 1 aromatic heterocycles. The molecule has 1 saturated heterocycles. The fourth-order valence-corrected chi connectivity index (χ4v) is 3.18. The van der Waals surface area contributed by atoms with Gasteiger partial charge in [-0.05, 0) is 36.8 Å². The summed E-state index contributed by atoms with van der Waals surface area (Å²) in [5, 5.41) is 1.08. The Morgan fingerprint density at radius 2 is 1.91 bits per heavy atom. The highest BCUT2D eigenvalue weighted by Crippen LogP contribution is 2.36. The van der Waals surface area contributed by atoms with Crippen LogP contribution < -0.4 is 19.2 Å². The third-order valence-electron chi connectivity index (χ3n) is 4.21. The number of hydrogen-bond donors (Lipinski definition) is 1. The van der Waals surface area contributed by atoms with E-state index in [9.17, 15) is 0 Å². The van der Waals surface area contributed by atoms with Gasteiger partial charge in [0, 0.05) is 42.5 Å². The van der Waals surface area contributed by atoms with E-state index in [0.717, 1.165) is 42.6 Å². The van der Waals surface area contributed by atoms with Crippen molar-refractivity contribution in [1.82, 2.24) is 9.82 Å². The summed E-state index contributed by atoms with van der Waals surface area (Å²) in [5.41, 5.74) is 2.09. The third kappa shape index (κ3) is 2.78. The smallest absolute Gasteiger partial charge is 0.493 e. The molecule has 5 nitrogen and oxygen atoms in total. The van der Waals surface area contributed by atoms with Crippen LogP contribution in [0.3, 0.4) is 0 Å². The van der Waals surface area contributed by atoms with Gasteiger partial charge in [-0.2, -0.15) is 0 Å². The molecule has 1 aromatic carbocycles. The molecule has 0 bridgehead atoms. The molecule has 0 unspecified atom stereocenters. The molecule has 22 heavy (non-hydrogen) atoms. The van der Waals surface area contributed by atoms with E-state index in [1.807, 2.05) is 18.3 Å². The minimum absolute atomic E-state index is 0. The molecule has 1 fully saturated rings. The molecule has 0 radical (unpaired) electrons. The lowest BCUT2D eigenvalue weighted by Gasteiger charge is -2.33. The number of nitrogens with zero attached hydrogens (tertiary/aromatic N) is 2. The first-order valence-corrected chi connectivity index (χ1v) is 7.76. The zero-order valence-corrected chi connectivity index (χ0v) is 13.6. The molecular weight excluding hydrogens is 302 g/mol. The van der Waals surface area contributed by atoms with Crippen molar-refractivity contribution in [3.8, 4) is 11.5 Å². The zero-order valence-electron chi connectivity index (χ0n) is 13.8. The van der Waals surface area contributed by atoms with E-state index >= 15 is 0 Å². The van der Waals surface area contributed by atoms with E-state index in [-0.39, 0.29) is 1.43 Å². The fourth-order valence-electron chi connectivity index (χ4n) is 2.96. The van der Waals surface area contributed by atoms with Crippen molar-refractivity contribution in [3.05, 3.63) is 24.4 Å². The van der Waals surface area contributed by atoms with Crippen LogP contribution in [-0.4, -0.2) is 38.3 Å². The molecule has 0 amide bonds. The van der Waals surface area contributed by atoms with Gasteiger partial charge in [-0.1, -0.05) is 0 Å². The van der Waals surface area contributed by atoms with Gasteiger partial charge in [0.15, 0.2) is 11.5 Å². The maximum absolute atomic E-state index is 5.73. The standard InChI is InChI=1S/C16H20ClN3O2/c1-21-15-9-12-13(10-16(15)22-2)18-6-3-14(12)20-7-4-11(19-17)5-8-20/h3,6,9-11,19H,4-5,7-8H2,1-2H3/p+1. The zero-order chi connectivity index (χ0) is 15.5. The topological polar surface area (TPSA) is 46.6 Å². The first-order chi connectivity index (χ1) is 10.8. The van der Waals surface area contributed by atoms with E-state index in [2.05, 4.69) is 20.8 Å². The Morgan fingerprint density at radius 1 is 1.23 bits per heavy atom. The van der Waals surface area contributed by atoms with Gasteiger partial charge >= 0.3 is 1.43 Å². The van der Waals surface area contributed by atoms with Gasteiger partial charge in [0.05, 0.1) is 19.7 Å². The SMILES string of the molecule is COc1cc2nccc(N3CCC(NCl)CC3)c2cc1OC.[H+]. The number of fused-ring (bicyclic) bond motifs is 1. The second-order valence-electron chi connectivity index (χ2n) is 5.42. The number of nitrogens with one attached hydrogen (secondary N) is 1. The highest BCUT2D eigenvalue weighted by atomic mass is 35.5. The van der Waals surface area contributed by atoms with Gasteiger partial charge in [0.25, 0.3) is 0 Å². The van der Waals surface area contributed by atoms with Gasteiger partial charge in [-0.3, -0.25) is 4.98 Å². The summed E-state index contributed by atoms with van der Waals surface area (Å²) >= 11 is 5.73. The van der Waals surface area contributed by atoms with Crippen molar-refractivity contribution in [1.29, 1.82) is 0 Å². The van der Waals surface area contributed by atoms with Crippen LogP contribution in [0.1, 0.15) is 14.3 Å². The molecule has 118 valence electrons. The molecule has 1 aliphatic rings. The summed E-state index contributed by atoms with van der Waals surface area (Å²) in [6.45, 7) is 1.94. The van der Waals surface area contributed by atoms with Gasteiger partial charge in [0.1, 0.15) is 0 Å². The summed E-state index contributed by atoms with van der Waals surface area (Å²) in [7, 11) is 3.29. The Bertz CT molecular complexity index is 663. The van der Waals surface area contributed by atoms with Crippen LogP contribution in [0.5, 0.6) is 11.5 Å². The molecule has 2 aromatic rings. The first-order valence-electron chi connectivity index (χ1n) is 7.38. The van der Waals surface area contributed by atoms with Crippen LogP contribution >= 0.6 is 11.8 Å². The average Bonchev–Trinajstić information content (AvgIpc) is 2.60. The Labute approximate surface area is 136 Å². The lowest BCUT2D eigenvalue weighted by Crippen LogP contribution is -2.39. The monoisotopic (exact) mass is 322 g/mol. The number of methoxy groups -OCH3 is 2. The Hall–Kier alpha value is -1.72. The Kier molecular flexibility index (Phi) is 4.55. The molecule has 1 N–H and O–H groups in total. The number of hydrogen-bond acceptors (Lipinski definition) is 5. The molecule has 0 spiro atoms. The number of pyridine rings is 1. The number of benzene rings is 1. The van der Waals surface area contributed by atoms with Gasteiger partial charge in [-0.25, -0.2) is 4.84 Å². The minimum atomic E-state index is 0. The van der Waals surface area contributed by atoms with Gasteiger partial charge < -0.3 is 14.4 Å². The number of piperidine rings is 1. The minimum Gasteiger partial charge on any atom is -0.493 e. The number of anilines is 1. The largest absolute Gasteiger partial charge is 1.00 e. The number of rotatable bonds is 4. The van der Waals surface area contributed by atoms with E-state index in [0.29, 0.717) is 11.8 Å². The highest BCUT2D eigenvalue weighted by Gasteiger charge is 2.20. The lowest BCUT2D eigenvalue weighted by molar-refractivity contribution is 0.356. The van der Waals surface area contributed by atoms with Crippen molar-refractivity contribution in [3.63, 3.8) is 0 Å².